The summed E-state index contributed by atoms with van der Waals surface area (Å²) in [6.07, 6.45) is 4.98. The molecule has 1 unspecified atom stereocenters. The molecule has 2 aromatic rings. The van der Waals surface area contributed by atoms with Crippen LogP contribution >= 0.6 is 0 Å². The Morgan fingerprint density at radius 2 is 2.00 bits per heavy atom. The number of carbonyl (C=O) groups excluding carboxylic acids is 1. The number of carboxylic acids is 1. The monoisotopic (exact) mass is 359 g/mol. The SMILES string of the molecule is Cc1cn(-c2ccc(F)cc2)nc1C(=O)N1CCCCC1CCC(=O)O. The van der Waals surface area contributed by atoms with Gasteiger partial charge in [0.05, 0.1) is 5.69 Å². The first-order chi connectivity index (χ1) is 12.5. The van der Waals surface area contributed by atoms with Gasteiger partial charge in [0, 0.05) is 30.8 Å². The molecule has 1 aromatic heterocycles. The maximum atomic E-state index is 13.1. The molecule has 0 aliphatic carbocycles. The number of carboxylic acid groups (broad SMARTS) is 1. The molecule has 0 spiro atoms. The Kier molecular flexibility index (Phi) is 5.35. The highest BCUT2D eigenvalue weighted by atomic mass is 19.1. The van der Waals surface area contributed by atoms with Gasteiger partial charge in [-0.2, -0.15) is 5.10 Å². The molecule has 138 valence electrons. The van der Waals surface area contributed by atoms with Crippen molar-refractivity contribution in [1.82, 2.24) is 14.7 Å². The molecule has 1 atom stereocenters. The Morgan fingerprint density at radius 3 is 2.69 bits per heavy atom. The van der Waals surface area contributed by atoms with Crippen molar-refractivity contribution in [1.29, 1.82) is 0 Å². The van der Waals surface area contributed by atoms with Crippen molar-refractivity contribution in [3.63, 3.8) is 0 Å². The van der Waals surface area contributed by atoms with Crippen molar-refractivity contribution < 1.29 is 19.1 Å². The van der Waals surface area contributed by atoms with Crippen molar-refractivity contribution in [3.05, 3.63) is 47.5 Å². The molecule has 3 rings (SSSR count). The zero-order valence-electron chi connectivity index (χ0n) is 14.7. The first-order valence-electron chi connectivity index (χ1n) is 8.80. The fourth-order valence-corrected chi connectivity index (χ4v) is 3.39. The number of hydrogen-bond donors (Lipinski definition) is 1. The number of piperidine rings is 1. The van der Waals surface area contributed by atoms with Crippen LogP contribution in [0.2, 0.25) is 0 Å². The second-order valence-corrected chi connectivity index (χ2v) is 6.66. The van der Waals surface area contributed by atoms with Gasteiger partial charge in [0.1, 0.15) is 5.82 Å². The van der Waals surface area contributed by atoms with Crippen molar-refractivity contribution in [2.75, 3.05) is 6.54 Å². The van der Waals surface area contributed by atoms with Crippen molar-refractivity contribution in [2.45, 2.75) is 45.1 Å². The number of benzene rings is 1. The van der Waals surface area contributed by atoms with E-state index in [0.717, 1.165) is 24.8 Å². The lowest BCUT2D eigenvalue weighted by molar-refractivity contribution is -0.137. The van der Waals surface area contributed by atoms with E-state index in [9.17, 15) is 14.0 Å². The van der Waals surface area contributed by atoms with Crippen LogP contribution in [0.4, 0.5) is 4.39 Å². The Balaban J connectivity index is 1.82. The summed E-state index contributed by atoms with van der Waals surface area (Å²) < 4.78 is 14.7. The van der Waals surface area contributed by atoms with Gasteiger partial charge in [-0.15, -0.1) is 0 Å². The van der Waals surface area contributed by atoms with Gasteiger partial charge in [-0.25, -0.2) is 9.07 Å². The van der Waals surface area contributed by atoms with Gasteiger partial charge in [-0.3, -0.25) is 9.59 Å². The molecule has 0 bridgehead atoms. The Hall–Kier alpha value is -2.70. The van der Waals surface area contributed by atoms with Gasteiger partial charge in [0.25, 0.3) is 5.91 Å². The average molecular weight is 359 g/mol. The molecule has 7 heteroatoms. The third-order valence-corrected chi connectivity index (χ3v) is 4.77. The number of aliphatic carboxylic acids is 1. The minimum atomic E-state index is -0.847. The first-order valence-corrected chi connectivity index (χ1v) is 8.80. The molecule has 1 amide bonds. The van der Waals surface area contributed by atoms with Crippen molar-refractivity contribution in [2.24, 2.45) is 0 Å². The summed E-state index contributed by atoms with van der Waals surface area (Å²) in [5.41, 5.74) is 1.77. The third kappa shape index (κ3) is 3.92. The first kappa shape index (κ1) is 18.1. The van der Waals surface area contributed by atoms with Gasteiger partial charge >= 0.3 is 5.97 Å². The Labute approximate surface area is 151 Å². The molecule has 1 aliphatic heterocycles. The maximum absolute atomic E-state index is 13.1. The average Bonchev–Trinajstić information content (AvgIpc) is 3.02. The molecule has 6 nitrogen and oxygen atoms in total. The largest absolute Gasteiger partial charge is 0.481 e. The lowest BCUT2D eigenvalue weighted by Gasteiger charge is -2.35. The predicted octanol–water partition coefficient (Wildman–Crippen LogP) is 3.18. The summed E-state index contributed by atoms with van der Waals surface area (Å²) >= 11 is 0. The summed E-state index contributed by atoms with van der Waals surface area (Å²) in [5.74, 6) is -1.35. The van der Waals surface area contributed by atoms with Crippen LogP contribution in [0.5, 0.6) is 0 Å². The molecule has 1 saturated heterocycles. The fourth-order valence-electron chi connectivity index (χ4n) is 3.39. The summed E-state index contributed by atoms with van der Waals surface area (Å²) in [5, 5.41) is 13.3. The normalized spacial score (nSPS) is 17.3. The lowest BCUT2D eigenvalue weighted by Crippen LogP contribution is -2.44. The van der Waals surface area contributed by atoms with E-state index in [4.69, 9.17) is 5.11 Å². The van der Waals surface area contributed by atoms with E-state index in [-0.39, 0.29) is 24.2 Å². The minimum Gasteiger partial charge on any atom is -0.481 e. The van der Waals surface area contributed by atoms with Gasteiger partial charge in [0.2, 0.25) is 0 Å². The van der Waals surface area contributed by atoms with Crippen LogP contribution in [0.3, 0.4) is 0 Å². The van der Waals surface area contributed by atoms with E-state index in [1.54, 1.807) is 27.9 Å². The van der Waals surface area contributed by atoms with Gasteiger partial charge in [0.15, 0.2) is 5.69 Å². The number of rotatable bonds is 5. The molecule has 1 aromatic carbocycles. The topological polar surface area (TPSA) is 75.4 Å². The van der Waals surface area contributed by atoms with Crippen molar-refractivity contribution in [3.8, 4) is 5.69 Å². The number of nitrogens with zero attached hydrogens (tertiary/aromatic N) is 3. The van der Waals surface area contributed by atoms with Gasteiger partial charge in [-0.05, 0) is 56.9 Å². The highest BCUT2D eigenvalue weighted by Gasteiger charge is 2.30. The van der Waals surface area contributed by atoms with E-state index in [1.807, 2.05) is 6.92 Å². The third-order valence-electron chi connectivity index (χ3n) is 4.77. The quantitative estimate of drug-likeness (QED) is 0.890. The molecule has 1 N–H and O–H groups in total. The van der Waals surface area contributed by atoms with E-state index in [2.05, 4.69) is 5.10 Å². The summed E-state index contributed by atoms with van der Waals surface area (Å²) in [6, 6.07) is 5.84. The zero-order chi connectivity index (χ0) is 18.7. The second-order valence-electron chi connectivity index (χ2n) is 6.66. The second kappa shape index (κ2) is 7.68. The summed E-state index contributed by atoms with van der Waals surface area (Å²) in [4.78, 5) is 25.7. The number of carbonyl (C=O) groups is 2. The minimum absolute atomic E-state index is 0.0530. The highest BCUT2D eigenvalue weighted by molar-refractivity contribution is 5.94. The summed E-state index contributed by atoms with van der Waals surface area (Å²) in [7, 11) is 0. The molecule has 1 aliphatic rings. The Morgan fingerprint density at radius 1 is 1.27 bits per heavy atom. The number of likely N-dealkylation sites (tertiary alicyclic amines) is 1. The lowest BCUT2D eigenvalue weighted by atomic mass is 9.97. The Bertz CT molecular complexity index is 801. The molecule has 2 heterocycles. The zero-order valence-corrected chi connectivity index (χ0v) is 14.7. The van der Waals surface area contributed by atoms with E-state index >= 15 is 0 Å². The molecular formula is C19H22FN3O3. The smallest absolute Gasteiger partial charge is 0.303 e. The van der Waals surface area contributed by atoms with Crippen LogP contribution in [-0.4, -0.2) is 44.3 Å². The molecule has 0 radical (unpaired) electrons. The van der Waals surface area contributed by atoms with Crippen LogP contribution in [0.15, 0.2) is 30.5 Å². The highest BCUT2D eigenvalue weighted by Crippen LogP contribution is 2.24. The fraction of sp³-hybridized carbons (Fsp3) is 0.421. The van der Waals surface area contributed by atoms with E-state index < -0.39 is 5.97 Å². The van der Waals surface area contributed by atoms with E-state index in [1.165, 1.54) is 12.1 Å². The van der Waals surface area contributed by atoms with Gasteiger partial charge < -0.3 is 10.0 Å². The van der Waals surface area contributed by atoms with Crippen molar-refractivity contribution >= 4 is 11.9 Å². The maximum Gasteiger partial charge on any atom is 0.303 e. The van der Waals surface area contributed by atoms with Crippen LogP contribution in [-0.2, 0) is 4.79 Å². The van der Waals surface area contributed by atoms with Crippen LogP contribution in [0.25, 0.3) is 5.69 Å². The van der Waals surface area contributed by atoms with E-state index in [0.29, 0.717) is 24.3 Å². The number of halogens is 1. The number of aryl methyl sites for hydroxylation is 1. The summed E-state index contributed by atoms with van der Waals surface area (Å²) in [6.45, 7) is 2.43. The number of amides is 1. The number of hydrogen-bond acceptors (Lipinski definition) is 3. The van der Waals surface area contributed by atoms with Crippen LogP contribution in [0.1, 0.15) is 48.2 Å². The molecular weight excluding hydrogens is 337 g/mol. The molecule has 0 saturated carbocycles. The molecule has 1 fully saturated rings. The van der Waals surface area contributed by atoms with Crippen LogP contribution in [0, 0.1) is 12.7 Å². The van der Waals surface area contributed by atoms with Gasteiger partial charge in [-0.1, -0.05) is 0 Å². The standard InChI is InChI=1S/C19H22FN3O3/c1-13-12-23(16-7-5-14(20)6-8-16)21-18(13)19(26)22-11-3-2-4-15(22)9-10-17(24)25/h5-8,12,15H,2-4,9-11H2,1H3,(H,24,25). The number of aromatic nitrogens is 2. The molecule has 26 heavy (non-hydrogen) atoms. The van der Waals surface area contributed by atoms with Crippen LogP contribution < -0.4 is 0 Å². The predicted molar refractivity (Wildman–Crippen MR) is 93.8 cm³/mol.